The number of carbonyl (C=O) groups excluding carboxylic acids is 1. The van der Waals surface area contributed by atoms with E-state index in [1.54, 1.807) is 29.2 Å². The van der Waals surface area contributed by atoms with Gasteiger partial charge >= 0.3 is 5.69 Å². The summed E-state index contributed by atoms with van der Waals surface area (Å²) < 4.78 is 35.5. The number of hydrogen-bond donors (Lipinski definition) is 1. The van der Waals surface area contributed by atoms with Gasteiger partial charge in [0.05, 0.1) is 22.9 Å². The average Bonchev–Trinajstić information content (AvgIpc) is 3.35. The molecule has 11 heteroatoms. The number of nitrogens with zero attached hydrogens (tertiary/aromatic N) is 3. The molecule has 33 heavy (non-hydrogen) atoms. The van der Waals surface area contributed by atoms with Crippen LogP contribution in [0.1, 0.15) is 12.8 Å². The fourth-order valence-electron chi connectivity index (χ4n) is 3.88. The van der Waals surface area contributed by atoms with Crippen LogP contribution in [-0.2, 0) is 28.4 Å². The fraction of sp³-hybridized carbons (Fsp3) is 0.318. The molecule has 0 bridgehead atoms. The van der Waals surface area contributed by atoms with Crippen molar-refractivity contribution in [3.05, 3.63) is 63.3 Å². The molecule has 2 heterocycles. The molecule has 1 fully saturated rings. The Morgan fingerprint density at radius 3 is 2.36 bits per heavy atom. The van der Waals surface area contributed by atoms with Gasteiger partial charge in [-0.25, -0.2) is 13.2 Å². The molecule has 4 rings (SSSR count). The Kier molecular flexibility index (Phi) is 5.98. The number of methoxy groups -OCH3 is 1. The Hall–Kier alpha value is -3.60. The molecule has 1 aromatic heterocycles. The third-order valence-corrected chi connectivity index (χ3v) is 7.11. The summed E-state index contributed by atoms with van der Waals surface area (Å²) >= 11 is 0. The molecule has 1 amide bonds. The van der Waals surface area contributed by atoms with Gasteiger partial charge in [-0.2, -0.15) is 0 Å². The predicted molar refractivity (Wildman–Crippen MR) is 123 cm³/mol. The summed E-state index contributed by atoms with van der Waals surface area (Å²) in [5.74, 6) is 0.268. The lowest BCUT2D eigenvalue weighted by Crippen LogP contribution is -2.43. The lowest BCUT2D eigenvalue weighted by atomic mass is 10.2. The molecule has 10 nitrogen and oxygen atoms in total. The van der Waals surface area contributed by atoms with Crippen molar-refractivity contribution >= 4 is 32.5 Å². The van der Waals surface area contributed by atoms with E-state index in [1.165, 1.54) is 36.9 Å². The summed E-state index contributed by atoms with van der Waals surface area (Å²) in [4.78, 5) is 39.9. The number of fused-ring (bicyclic) bond motifs is 1. The first-order chi connectivity index (χ1) is 15.7. The van der Waals surface area contributed by atoms with E-state index in [9.17, 15) is 22.8 Å². The molecule has 2 aromatic carbocycles. The first-order valence-electron chi connectivity index (χ1n) is 10.4. The summed E-state index contributed by atoms with van der Waals surface area (Å²) in [6, 6.07) is 10.3. The Morgan fingerprint density at radius 2 is 1.73 bits per heavy atom. The Labute approximate surface area is 190 Å². The molecular weight excluding hydrogens is 448 g/mol. The van der Waals surface area contributed by atoms with Crippen LogP contribution < -0.4 is 20.7 Å². The van der Waals surface area contributed by atoms with Crippen LogP contribution in [0.15, 0.2) is 56.9 Å². The van der Waals surface area contributed by atoms with E-state index in [0.29, 0.717) is 24.5 Å². The minimum absolute atomic E-state index is 0.0314. The molecule has 0 atom stereocenters. The maximum atomic E-state index is 13.1. The van der Waals surface area contributed by atoms with Gasteiger partial charge in [-0.05, 0) is 55.3 Å². The molecule has 174 valence electrons. The molecule has 0 saturated carbocycles. The smallest absolute Gasteiger partial charge is 0.331 e. The number of benzene rings is 2. The number of nitrogens with one attached hydrogen (secondary N) is 1. The van der Waals surface area contributed by atoms with Gasteiger partial charge in [0.1, 0.15) is 12.3 Å². The van der Waals surface area contributed by atoms with Crippen molar-refractivity contribution in [3.63, 3.8) is 0 Å². The number of aromatic nitrogens is 2. The monoisotopic (exact) mass is 472 g/mol. The quantitative estimate of drug-likeness (QED) is 0.574. The van der Waals surface area contributed by atoms with Crippen molar-refractivity contribution in [2.24, 2.45) is 7.05 Å². The highest BCUT2D eigenvalue weighted by Crippen LogP contribution is 2.21. The summed E-state index contributed by atoms with van der Waals surface area (Å²) in [7, 11) is -1.03. The van der Waals surface area contributed by atoms with E-state index in [1.807, 2.05) is 0 Å². The van der Waals surface area contributed by atoms with E-state index >= 15 is 0 Å². The molecule has 1 aliphatic rings. The van der Waals surface area contributed by atoms with Crippen LogP contribution in [0.4, 0.5) is 5.69 Å². The third-order valence-electron chi connectivity index (χ3n) is 5.73. The van der Waals surface area contributed by atoms with Crippen molar-refractivity contribution in [2.75, 3.05) is 24.9 Å². The zero-order valence-corrected chi connectivity index (χ0v) is 19.1. The second-order valence-corrected chi connectivity index (χ2v) is 9.52. The second-order valence-electron chi connectivity index (χ2n) is 7.83. The van der Waals surface area contributed by atoms with Crippen LogP contribution in [0.5, 0.6) is 5.75 Å². The molecule has 1 N–H and O–H groups in total. The van der Waals surface area contributed by atoms with E-state index in [0.717, 1.165) is 17.4 Å². The first-order valence-corrected chi connectivity index (χ1v) is 11.9. The standard InChI is InChI=1S/C22H24N4O6S/c1-24-19-10-9-17(33(30,31)23-15-5-7-16(32-2)8-6-15)13-18(19)21(28)26(22(24)29)14-20(27)25-11-3-4-12-25/h5-10,13,23H,3-4,11-12,14H2,1-2H3. The van der Waals surface area contributed by atoms with Gasteiger partial charge in [0.15, 0.2) is 0 Å². The summed E-state index contributed by atoms with van der Waals surface area (Å²) in [6.45, 7) is 0.810. The lowest BCUT2D eigenvalue weighted by molar-refractivity contribution is -0.130. The fourth-order valence-corrected chi connectivity index (χ4v) is 4.96. The highest BCUT2D eigenvalue weighted by Gasteiger charge is 2.22. The molecule has 3 aromatic rings. The summed E-state index contributed by atoms with van der Waals surface area (Å²) in [5.41, 5.74) is -0.739. The average molecular weight is 473 g/mol. The Bertz CT molecular complexity index is 1430. The van der Waals surface area contributed by atoms with Gasteiger partial charge in [-0.3, -0.25) is 23.4 Å². The molecular formula is C22H24N4O6S. The van der Waals surface area contributed by atoms with Crippen molar-refractivity contribution in [3.8, 4) is 5.75 Å². The number of rotatable bonds is 6. The SMILES string of the molecule is COc1ccc(NS(=O)(=O)c2ccc3c(c2)c(=O)n(CC(=O)N2CCCC2)c(=O)n3C)cc1. The molecule has 0 unspecified atom stereocenters. The number of likely N-dealkylation sites (tertiary alicyclic amines) is 1. The van der Waals surface area contributed by atoms with Crippen LogP contribution in [0, 0.1) is 0 Å². The van der Waals surface area contributed by atoms with Gasteiger partial charge in [-0.1, -0.05) is 0 Å². The minimum Gasteiger partial charge on any atom is -0.497 e. The molecule has 1 aliphatic heterocycles. The molecule has 0 spiro atoms. The van der Waals surface area contributed by atoms with E-state index < -0.39 is 21.3 Å². The van der Waals surface area contributed by atoms with Gasteiger partial charge in [0.25, 0.3) is 15.6 Å². The van der Waals surface area contributed by atoms with Gasteiger partial charge in [-0.15, -0.1) is 0 Å². The number of hydrogen-bond acceptors (Lipinski definition) is 6. The maximum Gasteiger partial charge on any atom is 0.331 e. The highest BCUT2D eigenvalue weighted by atomic mass is 32.2. The van der Waals surface area contributed by atoms with E-state index in [4.69, 9.17) is 4.74 Å². The maximum absolute atomic E-state index is 13.1. The van der Waals surface area contributed by atoms with Gasteiger partial charge in [0, 0.05) is 25.8 Å². The lowest BCUT2D eigenvalue weighted by Gasteiger charge is -2.17. The van der Waals surface area contributed by atoms with Crippen molar-refractivity contribution < 1.29 is 17.9 Å². The zero-order chi connectivity index (χ0) is 23.8. The molecule has 0 aliphatic carbocycles. The van der Waals surface area contributed by atoms with Gasteiger partial charge < -0.3 is 9.64 Å². The van der Waals surface area contributed by atoms with Gasteiger partial charge in [0.2, 0.25) is 5.91 Å². The largest absolute Gasteiger partial charge is 0.497 e. The Morgan fingerprint density at radius 1 is 1.06 bits per heavy atom. The van der Waals surface area contributed by atoms with Crippen LogP contribution in [0.25, 0.3) is 10.9 Å². The molecule has 0 radical (unpaired) electrons. The number of carbonyl (C=O) groups is 1. The van der Waals surface area contributed by atoms with Crippen LogP contribution in [0.2, 0.25) is 0 Å². The number of sulfonamides is 1. The summed E-state index contributed by atoms with van der Waals surface area (Å²) in [6.07, 6.45) is 1.78. The van der Waals surface area contributed by atoms with Crippen molar-refractivity contribution in [2.45, 2.75) is 24.3 Å². The minimum atomic E-state index is -4.01. The summed E-state index contributed by atoms with van der Waals surface area (Å²) in [5, 5.41) is 0.0314. The van der Waals surface area contributed by atoms with E-state index in [2.05, 4.69) is 4.72 Å². The number of ether oxygens (including phenoxy) is 1. The number of aryl methyl sites for hydroxylation is 1. The van der Waals surface area contributed by atoms with Crippen LogP contribution in [0.3, 0.4) is 0 Å². The highest BCUT2D eigenvalue weighted by molar-refractivity contribution is 7.92. The predicted octanol–water partition coefficient (Wildman–Crippen LogP) is 1.13. The number of amides is 1. The Balaban J connectivity index is 1.73. The first kappa shape index (κ1) is 22.6. The third kappa shape index (κ3) is 4.36. The zero-order valence-electron chi connectivity index (χ0n) is 18.3. The van der Waals surface area contributed by atoms with Crippen molar-refractivity contribution in [1.82, 2.24) is 14.0 Å². The topological polar surface area (TPSA) is 120 Å². The normalized spacial score (nSPS) is 13.9. The van der Waals surface area contributed by atoms with Crippen molar-refractivity contribution in [1.29, 1.82) is 0 Å². The van der Waals surface area contributed by atoms with Crippen LogP contribution >= 0.6 is 0 Å². The number of anilines is 1. The second kappa shape index (κ2) is 8.74. The molecule has 1 saturated heterocycles. The van der Waals surface area contributed by atoms with Crippen LogP contribution in [-0.4, -0.2) is 48.6 Å². The van der Waals surface area contributed by atoms with E-state index in [-0.39, 0.29) is 28.3 Å².